The molecule has 0 bridgehead atoms. The van der Waals surface area contributed by atoms with Crippen LogP contribution >= 0.6 is 11.3 Å². The van der Waals surface area contributed by atoms with E-state index in [1.807, 2.05) is 24.4 Å². The number of likely N-dealkylation sites (tertiary alicyclic amines) is 1. The lowest BCUT2D eigenvalue weighted by atomic mass is 10.0. The maximum absolute atomic E-state index is 12.6. The van der Waals surface area contributed by atoms with Crippen molar-refractivity contribution in [1.29, 1.82) is 0 Å². The Labute approximate surface area is 129 Å². The van der Waals surface area contributed by atoms with Gasteiger partial charge in [0.25, 0.3) is 5.91 Å². The number of benzene rings is 1. The molecule has 5 heteroatoms. The van der Waals surface area contributed by atoms with Crippen LogP contribution in [0.5, 0.6) is 0 Å². The minimum atomic E-state index is 0.0500. The Bertz CT molecular complexity index is 624. The van der Waals surface area contributed by atoms with Gasteiger partial charge in [0.1, 0.15) is 5.69 Å². The maximum atomic E-state index is 12.6. The Balaban J connectivity index is 1.87. The molecule has 1 aromatic carbocycles. The number of carbonyl (C=O) groups is 1. The third-order valence-corrected chi connectivity index (χ3v) is 4.52. The molecule has 0 radical (unpaired) electrons. The quantitative estimate of drug-likeness (QED) is 0.873. The minimum Gasteiger partial charge on any atom is -0.378 e. The molecule has 1 saturated heterocycles. The second-order valence-electron chi connectivity index (χ2n) is 5.52. The van der Waals surface area contributed by atoms with Crippen molar-refractivity contribution >= 4 is 22.9 Å². The highest BCUT2D eigenvalue weighted by atomic mass is 32.1. The van der Waals surface area contributed by atoms with Crippen molar-refractivity contribution in [2.24, 2.45) is 0 Å². The zero-order chi connectivity index (χ0) is 14.8. The molecule has 0 saturated carbocycles. The number of hydrogen-bond acceptors (Lipinski definition) is 4. The monoisotopic (exact) mass is 301 g/mol. The second kappa shape index (κ2) is 5.85. The predicted molar refractivity (Wildman–Crippen MR) is 85.9 cm³/mol. The summed E-state index contributed by atoms with van der Waals surface area (Å²) in [7, 11) is 4.07. The summed E-state index contributed by atoms with van der Waals surface area (Å²) in [6.07, 6.45) is 2.07. The number of carbonyl (C=O) groups excluding carboxylic acids is 1. The van der Waals surface area contributed by atoms with Crippen molar-refractivity contribution in [2.45, 2.75) is 18.9 Å². The molecule has 110 valence electrons. The average molecular weight is 301 g/mol. The third kappa shape index (κ3) is 2.78. The topological polar surface area (TPSA) is 36.4 Å². The molecule has 3 rings (SSSR count). The van der Waals surface area contributed by atoms with Crippen LogP contribution in [-0.4, -0.2) is 36.4 Å². The van der Waals surface area contributed by atoms with E-state index in [2.05, 4.69) is 34.1 Å². The van der Waals surface area contributed by atoms with Crippen LogP contribution in [0.3, 0.4) is 0 Å². The molecule has 1 fully saturated rings. The van der Waals surface area contributed by atoms with Gasteiger partial charge in [-0.2, -0.15) is 0 Å². The summed E-state index contributed by atoms with van der Waals surface area (Å²) in [6.45, 7) is 0.813. The molecule has 0 unspecified atom stereocenters. The average Bonchev–Trinajstić information content (AvgIpc) is 3.18. The number of aromatic nitrogens is 1. The molecule has 0 aliphatic carbocycles. The number of amides is 1. The smallest absolute Gasteiger partial charge is 0.273 e. The molecule has 4 nitrogen and oxygen atoms in total. The van der Waals surface area contributed by atoms with E-state index in [9.17, 15) is 4.79 Å². The molecule has 21 heavy (non-hydrogen) atoms. The molecule has 1 amide bonds. The Kier molecular flexibility index (Phi) is 3.92. The zero-order valence-electron chi connectivity index (χ0n) is 12.3. The first-order valence-electron chi connectivity index (χ1n) is 7.13. The standard InChI is InChI=1S/C16H19N3OS/c1-18(2)13-6-3-5-12(9-13)15-7-4-8-19(15)16(20)14-10-21-11-17-14/h3,5-6,9-11,15H,4,7-8H2,1-2H3/t15-/m1/s1. The van der Waals surface area contributed by atoms with Crippen LogP contribution in [0.4, 0.5) is 5.69 Å². The Morgan fingerprint density at radius 1 is 1.43 bits per heavy atom. The van der Waals surface area contributed by atoms with E-state index in [4.69, 9.17) is 0 Å². The van der Waals surface area contributed by atoms with Gasteiger partial charge in [-0.3, -0.25) is 4.79 Å². The molecule has 2 heterocycles. The summed E-state index contributed by atoms with van der Waals surface area (Å²) in [6, 6.07) is 8.61. The van der Waals surface area contributed by atoms with Gasteiger partial charge >= 0.3 is 0 Å². The van der Waals surface area contributed by atoms with E-state index in [0.717, 1.165) is 19.4 Å². The van der Waals surface area contributed by atoms with Crippen LogP contribution in [0.2, 0.25) is 0 Å². The number of thiazole rings is 1. The first-order valence-corrected chi connectivity index (χ1v) is 8.07. The van der Waals surface area contributed by atoms with Gasteiger partial charge in [-0.25, -0.2) is 4.98 Å². The lowest BCUT2D eigenvalue weighted by molar-refractivity contribution is 0.0730. The van der Waals surface area contributed by atoms with Crippen molar-refractivity contribution in [1.82, 2.24) is 9.88 Å². The van der Waals surface area contributed by atoms with Gasteiger partial charge in [0.05, 0.1) is 11.6 Å². The highest BCUT2D eigenvalue weighted by molar-refractivity contribution is 7.07. The number of nitrogens with zero attached hydrogens (tertiary/aromatic N) is 3. The molecule has 0 N–H and O–H groups in total. The van der Waals surface area contributed by atoms with Gasteiger partial charge in [0.15, 0.2) is 0 Å². The van der Waals surface area contributed by atoms with Crippen LogP contribution in [-0.2, 0) is 0 Å². The Morgan fingerprint density at radius 3 is 3.00 bits per heavy atom. The van der Waals surface area contributed by atoms with Crippen molar-refractivity contribution in [2.75, 3.05) is 25.5 Å². The molecular weight excluding hydrogens is 282 g/mol. The van der Waals surface area contributed by atoms with Crippen LogP contribution in [0.1, 0.15) is 34.9 Å². The normalized spacial score (nSPS) is 18.0. The van der Waals surface area contributed by atoms with Crippen molar-refractivity contribution < 1.29 is 4.79 Å². The SMILES string of the molecule is CN(C)c1cccc([C@H]2CCCN2C(=O)c2cscn2)c1. The molecular formula is C16H19N3OS. The van der Waals surface area contributed by atoms with Crippen LogP contribution < -0.4 is 4.90 Å². The Morgan fingerprint density at radius 2 is 2.29 bits per heavy atom. The number of rotatable bonds is 3. The maximum Gasteiger partial charge on any atom is 0.273 e. The first kappa shape index (κ1) is 14.1. The number of anilines is 1. The molecule has 1 aliphatic rings. The predicted octanol–water partition coefficient (Wildman–Crippen LogP) is 3.19. The molecule has 2 aromatic rings. The van der Waals surface area contributed by atoms with Gasteiger partial charge in [-0.15, -0.1) is 11.3 Å². The van der Waals surface area contributed by atoms with Crippen molar-refractivity contribution in [3.8, 4) is 0 Å². The van der Waals surface area contributed by atoms with Gasteiger partial charge in [-0.1, -0.05) is 12.1 Å². The van der Waals surface area contributed by atoms with Gasteiger partial charge in [0, 0.05) is 31.7 Å². The van der Waals surface area contributed by atoms with Gasteiger partial charge in [-0.05, 0) is 30.5 Å². The summed E-state index contributed by atoms with van der Waals surface area (Å²) >= 11 is 1.46. The van der Waals surface area contributed by atoms with Crippen LogP contribution in [0, 0.1) is 0 Å². The van der Waals surface area contributed by atoms with E-state index in [1.165, 1.54) is 22.6 Å². The fourth-order valence-corrected chi connectivity index (χ4v) is 3.36. The molecule has 1 aromatic heterocycles. The van der Waals surface area contributed by atoms with E-state index < -0.39 is 0 Å². The van der Waals surface area contributed by atoms with Gasteiger partial charge in [0.2, 0.25) is 0 Å². The van der Waals surface area contributed by atoms with E-state index in [1.54, 1.807) is 5.51 Å². The third-order valence-electron chi connectivity index (χ3n) is 3.94. The summed E-state index contributed by atoms with van der Waals surface area (Å²) in [5.74, 6) is 0.0500. The van der Waals surface area contributed by atoms with Crippen molar-refractivity contribution in [3.05, 3.63) is 46.4 Å². The van der Waals surface area contributed by atoms with Crippen molar-refractivity contribution in [3.63, 3.8) is 0 Å². The zero-order valence-corrected chi connectivity index (χ0v) is 13.1. The Hall–Kier alpha value is -1.88. The molecule has 0 spiro atoms. The van der Waals surface area contributed by atoms with E-state index in [0.29, 0.717) is 5.69 Å². The summed E-state index contributed by atoms with van der Waals surface area (Å²) < 4.78 is 0. The van der Waals surface area contributed by atoms with Gasteiger partial charge < -0.3 is 9.80 Å². The minimum absolute atomic E-state index is 0.0500. The molecule has 1 atom stereocenters. The highest BCUT2D eigenvalue weighted by Crippen LogP contribution is 2.34. The lowest BCUT2D eigenvalue weighted by Gasteiger charge is -2.25. The fraction of sp³-hybridized carbons (Fsp3) is 0.375. The van der Waals surface area contributed by atoms with E-state index in [-0.39, 0.29) is 11.9 Å². The largest absolute Gasteiger partial charge is 0.378 e. The summed E-state index contributed by atoms with van der Waals surface area (Å²) in [5, 5.41) is 1.83. The second-order valence-corrected chi connectivity index (χ2v) is 6.24. The molecule has 1 aliphatic heterocycles. The summed E-state index contributed by atoms with van der Waals surface area (Å²) in [4.78, 5) is 20.8. The number of hydrogen-bond donors (Lipinski definition) is 0. The highest BCUT2D eigenvalue weighted by Gasteiger charge is 2.31. The lowest BCUT2D eigenvalue weighted by Crippen LogP contribution is -2.30. The van der Waals surface area contributed by atoms with Crippen LogP contribution in [0.25, 0.3) is 0 Å². The summed E-state index contributed by atoms with van der Waals surface area (Å²) in [5.41, 5.74) is 4.66. The van der Waals surface area contributed by atoms with Crippen LogP contribution in [0.15, 0.2) is 35.2 Å². The fourth-order valence-electron chi connectivity index (χ4n) is 2.83. The first-order chi connectivity index (χ1) is 10.2. The van der Waals surface area contributed by atoms with E-state index >= 15 is 0 Å².